The van der Waals surface area contributed by atoms with E-state index >= 15 is 0 Å². The molecule has 0 aliphatic carbocycles. The summed E-state index contributed by atoms with van der Waals surface area (Å²) in [6.07, 6.45) is 1.11. The third-order valence-electron chi connectivity index (χ3n) is 3.80. The Morgan fingerprint density at radius 3 is 2.54 bits per heavy atom. The Balaban J connectivity index is 2.11. The van der Waals surface area contributed by atoms with E-state index in [1.807, 2.05) is 6.92 Å². The van der Waals surface area contributed by atoms with E-state index in [-0.39, 0.29) is 19.0 Å². The van der Waals surface area contributed by atoms with Crippen LogP contribution in [0.2, 0.25) is 5.02 Å². The van der Waals surface area contributed by atoms with Crippen LogP contribution >= 0.6 is 11.6 Å². The smallest absolute Gasteiger partial charge is 0.255 e. The van der Waals surface area contributed by atoms with Crippen LogP contribution in [0, 0.1) is 6.92 Å². The largest absolute Gasteiger partial charge is 0.496 e. The van der Waals surface area contributed by atoms with Gasteiger partial charge in [-0.2, -0.15) is 0 Å². The Morgan fingerprint density at radius 1 is 1.23 bits per heavy atom. The van der Waals surface area contributed by atoms with Gasteiger partial charge in [-0.15, -0.1) is 0 Å². The topological polar surface area (TPSA) is 75.7 Å². The Kier molecular flexibility index (Phi) is 6.50. The summed E-state index contributed by atoms with van der Waals surface area (Å²) in [6, 6.07) is 11.9. The second-order valence-electron chi connectivity index (χ2n) is 5.72. The fraction of sp³-hybridized carbons (Fsp3) is 0.278. The summed E-state index contributed by atoms with van der Waals surface area (Å²) in [5.74, 6) is 0.119. The van der Waals surface area contributed by atoms with Gasteiger partial charge < -0.3 is 10.1 Å². The first-order valence-electron chi connectivity index (χ1n) is 7.89. The van der Waals surface area contributed by atoms with Crippen LogP contribution in [0.25, 0.3) is 0 Å². The standard InChI is InChI=1S/C18H21ClN2O4S/c1-13-8-9-14(12-16(13)19)21(26(3,23)24)11-10-20-18(22)15-6-4-5-7-17(15)25-2/h4-9,12H,10-11H2,1-3H3,(H,20,22). The highest BCUT2D eigenvalue weighted by Gasteiger charge is 2.19. The molecule has 8 heteroatoms. The van der Waals surface area contributed by atoms with Gasteiger partial charge >= 0.3 is 0 Å². The maximum Gasteiger partial charge on any atom is 0.255 e. The Hall–Kier alpha value is -2.25. The van der Waals surface area contributed by atoms with Gasteiger partial charge in [0.1, 0.15) is 5.75 Å². The monoisotopic (exact) mass is 396 g/mol. The van der Waals surface area contributed by atoms with Crippen LogP contribution in [-0.2, 0) is 10.0 Å². The molecule has 0 spiro atoms. The van der Waals surface area contributed by atoms with E-state index in [9.17, 15) is 13.2 Å². The number of carbonyl (C=O) groups excluding carboxylic acids is 1. The average molecular weight is 397 g/mol. The van der Waals surface area contributed by atoms with Gasteiger partial charge in [0.25, 0.3) is 5.91 Å². The molecule has 1 amide bonds. The lowest BCUT2D eigenvalue weighted by molar-refractivity contribution is 0.0952. The number of methoxy groups -OCH3 is 1. The van der Waals surface area contributed by atoms with Crippen LogP contribution in [0.5, 0.6) is 5.75 Å². The van der Waals surface area contributed by atoms with Crippen LogP contribution < -0.4 is 14.4 Å². The number of para-hydroxylation sites is 1. The summed E-state index contributed by atoms with van der Waals surface area (Å²) in [5, 5.41) is 3.19. The van der Waals surface area contributed by atoms with Crippen molar-refractivity contribution in [3.63, 3.8) is 0 Å². The molecule has 2 aromatic rings. The van der Waals surface area contributed by atoms with E-state index < -0.39 is 10.0 Å². The number of halogens is 1. The Labute approximate surface area is 158 Å². The summed E-state index contributed by atoms with van der Waals surface area (Å²) < 4.78 is 30.6. The highest BCUT2D eigenvalue weighted by Crippen LogP contribution is 2.24. The fourth-order valence-electron chi connectivity index (χ4n) is 2.42. The molecule has 0 aromatic heterocycles. The third kappa shape index (κ3) is 4.89. The summed E-state index contributed by atoms with van der Waals surface area (Å²) in [4.78, 5) is 12.3. The third-order valence-corrected chi connectivity index (χ3v) is 5.40. The lowest BCUT2D eigenvalue weighted by atomic mass is 10.2. The number of ether oxygens (including phenoxy) is 1. The number of hydrogen-bond donors (Lipinski definition) is 1. The molecule has 0 heterocycles. The van der Waals surface area contributed by atoms with Gasteiger partial charge in [0.2, 0.25) is 10.0 Å². The number of anilines is 1. The Bertz CT molecular complexity index is 900. The molecule has 6 nitrogen and oxygen atoms in total. The van der Waals surface area contributed by atoms with Crippen molar-refractivity contribution in [2.75, 3.05) is 30.8 Å². The van der Waals surface area contributed by atoms with E-state index in [4.69, 9.17) is 16.3 Å². The van der Waals surface area contributed by atoms with Gasteiger partial charge in [0.15, 0.2) is 0 Å². The predicted octanol–water partition coefficient (Wildman–Crippen LogP) is 2.85. The molecule has 26 heavy (non-hydrogen) atoms. The molecule has 2 aromatic carbocycles. The maximum absolute atomic E-state index is 12.3. The summed E-state index contributed by atoms with van der Waals surface area (Å²) in [7, 11) is -2.04. The van der Waals surface area contributed by atoms with Crippen molar-refractivity contribution in [2.24, 2.45) is 0 Å². The number of amides is 1. The molecule has 0 fully saturated rings. The number of nitrogens with zero attached hydrogens (tertiary/aromatic N) is 1. The van der Waals surface area contributed by atoms with Crippen LogP contribution in [0.1, 0.15) is 15.9 Å². The molecular formula is C18H21ClN2O4S. The molecule has 0 saturated carbocycles. The Morgan fingerprint density at radius 2 is 1.92 bits per heavy atom. The zero-order chi connectivity index (χ0) is 19.3. The van der Waals surface area contributed by atoms with Gasteiger partial charge in [-0.1, -0.05) is 29.8 Å². The number of nitrogens with one attached hydrogen (secondary N) is 1. The predicted molar refractivity (Wildman–Crippen MR) is 104 cm³/mol. The summed E-state index contributed by atoms with van der Waals surface area (Å²) in [6.45, 7) is 2.05. The van der Waals surface area contributed by atoms with Crippen molar-refractivity contribution in [3.05, 3.63) is 58.6 Å². The molecule has 140 valence electrons. The molecule has 0 saturated heterocycles. The number of carbonyl (C=O) groups is 1. The minimum atomic E-state index is -3.52. The van der Waals surface area contributed by atoms with Crippen molar-refractivity contribution in [3.8, 4) is 5.75 Å². The number of hydrogen-bond acceptors (Lipinski definition) is 4. The van der Waals surface area contributed by atoms with Gasteiger partial charge in [-0.05, 0) is 36.8 Å². The van der Waals surface area contributed by atoms with Crippen molar-refractivity contribution >= 4 is 33.2 Å². The van der Waals surface area contributed by atoms with Gasteiger partial charge in [-0.3, -0.25) is 9.10 Å². The summed E-state index contributed by atoms with van der Waals surface area (Å²) in [5.41, 5.74) is 1.70. The molecule has 2 rings (SSSR count). The first-order chi connectivity index (χ1) is 12.2. The van der Waals surface area contributed by atoms with Crippen molar-refractivity contribution in [1.29, 1.82) is 0 Å². The minimum absolute atomic E-state index is 0.0825. The lowest BCUT2D eigenvalue weighted by Crippen LogP contribution is -2.38. The van der Waals surface area contributed by atoms with Gasteiger partial charge in [0, 0.05) is 11.6 Å². The molecule has 0 bridgehead atoms. The van der Waals surface area contributed by atoms with Crippen molar-refractivity contribution < 1.29 is 17.9 Å². The van der Waals surface area contributed by atoms with E-state index in [1.165, 1.54) is 11.4 Å². The first-order valence-corrected chi connectivity index (χ1v) is 10.1. The molecule has 0 aliphatic heterocycles. The van der Waals surface area contributed by atoms with Crippen LogP contribution in [-0.4, -0.2) is 40.8 Å². The first kappa shape index (κ1) is 20.1. The van der Waals surface area contributed by atoms with E-state index in [2.05, 4.69) is 5.32 Å². The molecule has 0 aliphatic rings. The normalized spacial score (nSPS) is 11.1. The number of rotatable bonds is 7. The van der Waals surface area contributed by atoms with Gasteiger partial charge in [-0.25, -0.2) is 8.42 Å². The maximum atomic E-state index is 12.3. The molecule has 0 unspecified atom stereocenters. The molecule has 0 radical (unpaired) electrons. The van der Waals surface area contributed by atoms with E-state index in [0.717, 1.165) is 11.8 Å². The molecular weight excluding hydrogens is 376 g/mol. The van der Waals surface area contributed by atoms with Crippen molar-refractivity contribution in [1.82, 2.24) is 5.32 Å². The lowest BCUT2D eigenvalue weighted by Gasteiger charge is -2.23. The number of sulfonamides is 1. The SMILES string of the molecule is COc1ccccc1C(=O)NCCN(c1ccc(C)c(Cl)c1)S(C)(=O)=O. The van der Waals surface area contributed by atoms with Crippen LogP contribution in [0.15, 0.2) is 42.5 Å². The average Bonchev–Trinajstić information content (AvgIpc) is 2.60. The zero-order valence-corrected chi connectivity index (χ0v) is 16.4. The fourth-order valence-corrected chi connectivity index (χ4v) is 3.52. The molecule has 0 atom stereocenters. The minimum Gasteiger partial charge on any atom is -0.496 e. The highest BCUT2D eigenvalue weighted by atomic mass is 35.5. The zero-order valence-electron chi connectivity index (χ0n) is 14.8. The quantitative estimate of drug-likeness (QED) is 0.780. The highest BCUT2D eigenvalue weighted by molar-refractivity contribution is 7.92. The van der Waals surface area contributed by atoms with E-state index in [1.54, 1.807) is 42.5 Å². The second kappa shape index (κ2) is 8.42. The molecule has 1 N–H and O–H groups in total. The van der Waals surface area contributed by atoms with Crippen molar-refractivity contribution in [2.45, 2.75) is 6.92 Å². The summed E-state index contributed by atoms with van der Waals surface area (Å²) >= 11 is 6.10. The van der Waals surface area contributed by atoms with Crippen LogP contribution in [0.4, 0.5) is 5.69 Å². The number of benzene rings is 2. The second-order valence-corrected chi connectivity index (χ2v) is 8.04. The van der Waals surface area contributed by atoms with E-state index in [0.29, 0.717) is 22.0 Å². The van der Waals surface area contributed by atoms with Gasteiger partial charge in [0.05, 0.1) is 31.2 Å². The van der Waals surface area contributed by atoms with Crippen LogP contribution in [0.3, 0.4) is 0 Å². The number of aryl methyl sites for hydroxylation is 1.